The molecule has 0 spiro atoms. The van der Waals surface area contributed by atoms with E-state index in [1.807, 2.05) is 20.8 Å². The van der Waals surface area contributed by atoms with Gasteiger partial charge in [-0.3, -0.25) is 0 Å². The van der Waals surface area contributed by atoms with E-state index in [4.69, 9.17) is 4.74 Å². The van der Waals surface area contributed by atoms with E-state index < -0.39 is 11.7 Å². The van der Waals surface area contributed by atoms with Crippen LogP contribution in [0.1, 0.15) is 45.2 Å². The molecule has 2 aliphatic rings. The number of hydrogen-bond acceptors (Lipinski definition) is 3. The van der Waals surface area contributed by atoms with Crippen LogP contribution in [0.2, 0.25) is 0 Å². The third-order valence-electron chi connectivity index (χ3n) is 6.74. The van der Waals surface area contributed by atoms with Gasteiger partial charge in [-0.1, -0.05) is 49.4 Å². The fourth-order valence-corrected chi connectivity index (χ4v) is 5.04. The summed E-state index contributed by atoms with van der Waals surface area (Å²) in [4.78, 5) is 0. The van der Waals surface area contributed by atoms with Crippen LogP contribution < -0.4 is 0 Å². The molecule has 0 saturated carbocycles. The maximum absolute atomic E-state index is 10.6. The summed E-state index contributed by atoms with van der Waals surface area (Å²) >= 11 is 0. The van der Waals surface area contributed by atoms with E-state index in [0.29, 0.717) is 18.3 Å². The van der Waals surface area contributed by atoms with E-state index in [0.717, 1.165) is 18.4 Å². The highest BCUT2D eigenvalue weighted by Crippen LogP contribution is 2.38. The van der Waals surface area contributed by atoms with Gasteiger partial charge in [-0.25, -0.2) is 0 Å². The zero-order valence-corrected chi connectivity index (χ0v) is 17.9. The van der Waals surface area contributed by atoms with Crippen LogP contribution in [-0.4, -0.2) is 35.1 Å². The van der Waals surface area contributed by atoms with Gasteiger partial charge < -0.3 is 14.9 Å². The molecule has 2 aliphatic carbocycles. The molecule has 154 valence electrons. The Balaban J connectivity index is 1.69. The zero-order chi connectivity index (χ0) is 20.5. The molecule has 28 heavy (non-hydrogen) atoms. The fraction of sp³-hybridized carbons (Fsp3) is 0.600. The summed E-state index contributed by atoms with van der Waals surface area (Å²) in [6, 6.07) is 8.89. The molecule has 0 fully saturated rings. The molecule has 0 amide bonds. The van der Waals surface area contributed by atoms with Gasteiger partial charge in [0.05, 0.1) is 17.8 Å². The van der Waals surface area contributed by atoms with Crippen molar-refractivity contribution in [3.63, 3.8) is 0 Å². The highest BCUT2D eigenvalue weighted by Gasteiger charge is 2.37. The van der Waals surface area contributed by atoms with Crippen molar-refractivity contribution in [3.05, 3.63) is 59.2 Å². The lowest BCUT2D eigenvalue weighted by Crippen LogP contribution is -2.41. The van der Waals surface area contributed by atoms with Crippen molar-refractivity contribution in [3.8, 4) is 0 Å². The molecule has 3 nitrogen and oxygen atoms in total. The molecular formula is C25H36O3. The van der Waals surface area contributed by atoms with E-state index >= 15 is 0 Å². The molecule has 0 unspecified atom stereocenters. The second-order valence-corrected chi connectivity index (χ2v) is 9.42. The third-order valence-corrected chi connectivity index (χ3v) is 6.74. The fourth-order valence-electron chi connectivity index (χ4n) is 5.04. The number of benzene rings is 1. The summed E-state index contributed by atoms with van der Waals surface area (Å²) in [5, 5.41) is 20.8. The van der Waals surface area contributed by atoms with E-state index in [1.165, 1.54) is 11.1 Å². The molecule has 1 aromatic carbocycles. The Morgan fingerprint density at radius 2 is 1.61 bits per heavy atom. The van der Waals surface area contributed by atoms with Crippen LogP contribution in [-0.2, 0) is 17.6 Å². The molecule has 0 aromatic heterocycles. The van der Waals surface area contributed by atoms with Gasteiger partial charge in [-0.05, 0) is 68.6 Å². The minimum absolute atomic E-state index is 0.0541. The summed E-state index contributed by atoms with van der Waals surface area (Å²) in [5.74, 6) is 1.21. The normalized spacial score (nSPS) is 33.2. The molecule has 3 rings (SSSR count). The molecule has 6 atom stereocenters. The largest absolute Gasteiger partial charge is 0.390 e. The highest BCUT2D eigenvalue weighted by molar-refractivity contribution is 5.27. The first-order valence-electron chi connectivity index (χ1n) is 10.6. The van der Waals surface area contributed by atoms with Gasteiger partial charge in [0.1, 0.15) is 0 Å². The highest BCUT2D eigenvalue weighted by atomic mass is 16.5. The van der Waals surface area contributed by atoms with Crippen molar-refractivity contribution in [1.29, 1.82) is 0 Å². The van der Waals surface area contributed by atoms with Crippen LogP contribution in [0.3, 0.4) is 0 Å². The number of hydrogen-bond donors (Lipinski definition) is 2. The number of aliphatic hydroxyl groups excluding tert-OH is 1. The SMILES string of the molecule is CO[C@@H]1[C@H](C)C=C[C@H]1Cc1ccc(C[C@@H]2C=C(C)[C@@H](O)C[C@@H]2C(C)(C)O)cc1. The van der Waals surface area contributed by atoms with Crippen molar-refractivity contribution in [1.82, 2.24) is 0 Å². The molecule has 1 aromatic rings. The minimum atomic E-state index is -0.802. The Morgan fingerprint density at radius 1 is 1.04 bits per heavy atom. The second-order valence-electron chi connectivity index (χ2n) is 9.42. The molecule has 0 bridgehead atoms. The topological polar surface area (TPSA) is 49.7 Å². The number of ether oxygens (including phenoxy) is 1. The number of allylic oxidation sites excluding steroid dienone is 1. The lowest BCUT2D eigenvalue weighted by Gasteiger charge is -2.40. The van der Waals surface area contributed by atoms with Gasteiger partial charge >= 0.3 is 0 Å². The molecular weight excluding hydrogens is 348 g/mol. The van der Waals surface area contributed by atoms with Crippen LogP contribution >= 0.6 is 0 Å². The Kier molecular flexibility index (Phi) is 6.48. The van der Waals surface area contributed by atoms with E-state index in [2.05, 4.69) is 49.4 Å². The molecule has 3 heteroatoms. The van der Waals surface area contributed by atoms with Crippen LogP contribution in [0.15, 0.2) is 48.1 Å². The van der Waals surface area contributed by atoms with Gasteiger partial charge in [-0.15, -0.1) is 0 Å². The lowest BCUT2D eigenvalue weighted by atomic mass is 9.70. The van der Waals surface area contributed by atoms with Crippen molar-refractivity contribution in [2.24, 2.45) is 23.7 Å². The van der Waals surface area contributed by atoms with Crippen molar-refractivity contribution in [2.75, 3.05) is 7.11 Å². The predicted molar refractivity (Wildman–Crippen MR) is 114 cm³/mol. The monoisotopic (exact) mass is 384 g/mol. The molecule has 2 N–H and O–H groups in total. The van der Waals surface area contributed by atoms with Crippen molar-refractivity contribution in [2.45, 2.75) is 64.8 Å². The smallest absolute Gasteiger partial charge is 0.0751 e. The Labute approximate surface area is 170 Å². The zero-order valence-electron chi connectivity index (χ0n) is 17.9. The summed E-state index contributed by atoms with van der Waals surface area (Å²) in [7, 11) is 1.81. The van der Waals surface area contributed by atoms with Crippen LogP contribution in [0.4, 0.5) is 0 Å². The Bertz CT molecular complexity index is 710. The summed E-state index contributed by atoms with van der Waals surface area (Å²) < 4.78 is 5.68. The maximum atomic E-state index is 10.6. The average Bonchev–Trinajstić information content (AvgIpc) is 2.98. The summed E-state index contributed by atoms with van der Waals surface area (Å²) in [6.45, 7) is 7.92. The second kappa shape index (κ2) is 8.52. The molecule has 0 saturated heterocycles. The van der Waals surface area contributed by atoms with Crippen LogP contribution in [0.5, 0.6) is 0 Å². The van der Waals surface area contributed by atoms with E-state index in [-0.39, 0.29) is 17.9 Å². The van der Waals surface area contributed by atoms with Crippen molar-refractivity contribution >= 4 is 0 Å². The minimum Gasteiger partial charge on any atom is -0.390 e. The quantitative estimate of drug-likeness (QED) is 0.718. The molecule has 0 radical (unpaired) electrons. The number of methoxy groups -OCH3 is 1. The maximum Gasteiger partial charge on any atom is 0.0751 e. The first kappa shape index (κ1) is 21.3. The predicted octanol–water partition coefficient (Wildman–Crippen LogP) is 4.32. The lowest BCUT2D eigenvalue weighted by molar-refractivity contribution is -0.0264. The van der Waals surface area contributed by atoms with Crippen molar-refractivity contribution < 1.29 is 14.9 Å². The first-order valence-corrected chi connectivity index (χ1v) is 10.6. The van der Waals surface area contributed by atoms with Gasteiger partial charge in [0.25, 0.3) is 0 Å². The Morgan fingerprint density at radius 3 is 2.14 bits per heavy atom. The standard InChI is InChI=1S/C25H36O3/c1-16-6-11-20(24(16)28-5)13-18-7-9-19(10-8-18)14-21-12-17(2)23(26)15-22(21)25(3,4)27/h6-12,16,20-24,26-27H,13-15H2,1-5H3/t16-,20+,21+,22+,23+,24-/m1/s1. The number of aliphatic hydroxyl groups is 2. The van der Waals surface area contributed by atoms with Gasteiger partial charge in [0.15, 0.2) is 0 Å². The molecule has 0 aliphatic heterocycles. The van der Waals surface area contributed by atoms with Gasteiger partial charge in [0.2, 0.25) is 0 Å². The first-order chi connectivity index (χ1) is 13.2. The average molecular weight is 385 g/mol. The van der Waals surface area contributed by atoms with E-state index in [9.17, 15) is 10.2 Å². The Hall–Kier alpha value is -1.42. The molecule has 0 heterocycles. The van der Waals surface area contributed by atoms with Gasteiger partial charge in [-0.2, -0.15) is 0 Å². The van der Waals surface area contributed by atoms with Crippen LogP contribution in [0, 0.1) is 23.7 Å². The van der Waals surface area contributed by atoms with E-state index in [1.54, 1.807) is 7.11 Å². The van der Waals surface area contributed by atoms with Gasteiger partial charge in [0, 0.05) is 18.9 Å². The number of rotatable bonds is 6. The third kappa shape index (κ3) is 4.76. The van der Waals surface area contributed by atoms with Crippen LogP contribution in [0.25, 0.3) is 0 Å². The summed E-state index contributed by atoms with van der Waals surface area (Å²) in [6.07, 6.45) is 9.07. The summed E-state index contributed by atoms with van der Waals surface area (Å²) in [5.41, 5.74) is 2.83.